The number of aliphatic carboxylic acids is 1. The Kier molecular flexibility index (Phi) is 4.78. The van der Waals surface area contributed by atoms with Gasteiger partial charge in [0.1, 0.15) is 11.5 Å². The van der Waals surface area contributed by atoms with E-state index in [2.05, 4.69) is 0 Å². The van der Waals surface area contributed by atoms with Crippen molar-refractivity contribution in [1.29, 1.82) is 0 Å². The van der Waals surface area contributed by atoms with Gasteiger partial charge in [-0.25, -0.2) is 4.79 Å². The summed E-state index contributed by atoms with van der Waals surface area (Å²) in [7, 11) is 1.54. The molecule has 0 amide bonds. The van der Waals surface area contributed by atoms with E-state index in [1.807, 2.05) is 0 Å². The third-order valence-corrected chi connectivity index (χ3v) is 2.41. The Morgan fingerprint density at radius 3 is 2.71 bits per heavy atom. The van der Waals surface area contributed by atoms with E-state index in [4.69, 9.17) is 20.3 Å². The number of hydrogen-bond acceptors (Lipinski definition) is 4. The second kappa shape index (κ2) is 6.10. The summed E-state index contributed by atoms with van der Waals surface area (Å²) in [5, 5.41) is 8.94. The van der Waals surface area contributed by atoms with Crippen LogP contribution in [0.2, 0.25) is 0 Å². The first-order valence-corrected chi connectivity index (χ1v) is 5.38. The lowest BCUT2D eigenvalue weighted by Crippen LogP contribution is -2.26. The van der Waals surface area contributed by atoms with Crippen LogP contribution in [0.1, 0.15) is 18.9 Å². The first-order valence-electron chi connectivity index (χ1n) is 5.38. The highest BCUT2D eigenvalue weighted by Crippen LogP contribution is 2.26. The van der Waals surface area contributed by atoms with Crippen molar-refractivity contribution in [3.63, 3.8) is 0 Å². The van der Waals surface area contributed by atoms with Crippen LogP contribution in [0.5, 0.6) is 11.5 Å². The van der Waals surface area contributed by atoms with Crippen LogP contribution in [0.4, 0.5) is 0 Å². The fourth-order valence-electron chi connectivity index (χ4n) is 1.40. The molecule has 0 aliphatic rings. The molecular formula is C12H17NO4. The van der Waals surface area contributed by atoms with Crippen LogP contribution >= 0.6 is 0 Å². The Balaban J connectivity index is 2.97. The molecule has 0 aliphatic carbocycles. The first kappa shape index (κ1) is 13.3. The van der Waals surface area contributed by atoms with Gasteiger partial charge in [0.15, 0.2) is 6.10 Å². The molecule has 1 atom stereocenters. The van der Waals surface area contributed by atoms with Gasteiger partial charge in [-0.1, -0.05) is 13.0 Å². The van der Waals surface area contributed by atoms with E-state index in [0.29, 0.717) is 17.9 Å². The average molecular weight is 239 g/mol. The average Bonchev–Trinajstić information content (AvgIpc) is 2.35. The summed E-state index contributed by atoms with van der Waals surface area (Å²) in [6.45, 7) is 2.04. The van der Waals surface area contributed by atoms with Crippen LogP contribution in [-0.2, 0) is 11.3 Å². The molecule has 1 aromatic rings. The normalized spacial score (nSPS) is 11.9. The molecule has 1 rings (SSSR count). The summed E-state index contributed by atoms with van der Waals surface area (Å²) in [6, 6.07) is 5.17. The van der Waals surface area contributed by atoms with Gasteiger partial charge >= 0.3 is 5.97 Å². The highest BCUT2D eigenvalue weighted by molar-refractivity contribution is 5.72. The van der Waals surface area contributed by atoms with Gasteiger partial charge < -0.3 is 20.3 Å². The van der Waals surface area contributed by atoms with Crippen molar-refractivity contribution in [2.75, 3.05) is 7.11 Å². The monoisotopic (exact) mass is 239 g/mol. The Labute approximate surface area is 100 Å². The number of carbonyl (C=O) groups is 1. The molecule has 94 valence electrons. The summed E-state index contributed by atoms with van der Waals surface area (Å²) < 4.78 is 10.5. The van der Waals surface area contributed by atoms with E-state index >= 15 is 0 Å². The lowest BCUT2D eigenvalue weighted by molar-refractivity contribution is -0.145. The van der Waals surface area contributed by atoms with Crippen LogP contribution in [0.25, 0.3) is 0 Å². The van der Waals surface area contributed by atoms with E-state index < -0.39 is 12.1 Å². The number of methoxy groups -OCH3 is 1. The number of hydrogen-bond donors (Lipinski definition) is 2. The van der Waals surface area contributed by atoms with Crippen LogP contribution in [-0.4, -0.2) is 24.3 Å². The van der Waals surface area contributed by atoms with Crippen LogP contribution in [0, 0.1) is 0 Å². The van der Waals surface area contributed by atoms with E-state index in [0.717, 1.165) is 5.56 Å². The Morgan fingerprint density at radius 2 is 2.24 bits per heavy atom. The fourth-order valence-corrected chi connectivity index (χ4v) is 1.40. The second-order valence-corrected chi connectivity index (χ2v) is 3.53. The van der Waals surface area contributed by atoms with Crippen LogP contribution in [0.3, 0.4) is 0 Å². The maximum absolute atomic E-state index is 10.9. The Morgan fingerprint density at radius 1 is 1.53 bits per heavy atom. The SMILES string of the molecule is CCC(Oc1cc(OC)ccc1CN)C(=O)O. The van der Waals surface area contributed by atoms with Gasteiger partial charge in [-0.15, -0.1) is 0 Å². The third kappa shape index (κ3) is 3.35. The minimum atomic E-state index is -0.988. The van der Waals surface area contributed by atoms with Crippen molar-refractivity contribution in [3.05, 3.63) is 23.8 Å². The molecule has 0 saturated heterocycles. The molecule has 1 unspecified atom stereocenters. The highest BCUT2D eigenvalue weighted by atomic mass is 16.5. The summed E-state index contributed by atoms with van der Waals surface area (Å²) in [5.74, 6) is 0.0804. The first-order chi connectivity index (χ1) is 8.12. The lowest BCUT2D eigenvalue weighted by Gasteiger charge is -2.16. The number of ether oxygens (including phenoxy) is 2. The van der Waals surface area contributed by atoms with Crippen molar-refractivity contribution in [3.8, 4) is 11.5 Å². The fraction of sp³-hybridized carbons (Fsp3) is 0.417. The molecule has 5 heteroatoms. The topological polar surface area (TPSA) is 81.8 Å². The Hall–Kier alpha value is -1.75. The highest BCUT2D eigenvalue weighted by Gasteiger charge is 2.18. The van der Waals surface area contributed by atoms with Crippen molar-refractivity contribution >= 4 is 5.97 Å². The standard InChI is InChI=1S/C12H17NO4/c1-3-10(12(14)15)17-11-6-9(16-2)5-4-8(11)7-13/h4-6,10H,3,7,13H2,1-2H3,(H,14,15). The number of rotatable bonds is 6. The van der Waals surface area contributed by atoms with Crippen molar-refractivity contribution < 1.29 is 19.4 Å². The molecule has 1 aromatic carbocycles. The number of benzene rings is 1. The maximum atomic E-state index is 10.9. The van der Waals surface area contributed by atoms with Crippen molar-refractivity contribution in [1.82, 2.24) is 0 Å². The zero-order valence-electron chi connectivity index (χ0n) is 9.97. The number of nitrogens with two attached hydrogens (primary N) is 1. The van der Waals surface area contributed by atoms with E-state index in [1.54, 1.807) is 25.1 Å². The van der Waals surface area contributed by atoms with Gasteiger partial charge in [0.25, 0.3) is 0 Å². The molecule has 17 heavy (non-hydrogen) atoms. The van der Waals surface area contributed by atoms with Crippen LogP contribution in [0.15, 0.2) is 18.2 Å². The quantitative estimate of drug-likeness (QED) is 0.784. The molecule has 0 saturated carbocycles. The molecule has 0 bridgehead atoms. The molecule has 5 nitrogen and oxygen atoms in total. The van der Waals surface area contributed by atoms with Gasteiger partial charge in [-0.05, 0) is 12.5 Å². The molecule has 0 radical (unpaired) electrons. The predicted molar refractivity (Wildman–Crippen MR) is 63.2 cm³/mol. The van der Waals surface area contributed by atoms with Gasteiger partial charge in [0.05, 0.1) is 7.11 Å². The molecule has 3 N–H and O–H groups in total. The number of carboxylic acid groups (broad SMARTS) is 1. The smallest absolute Gasteiger partial charge is 0.344 e. The van der Waals surface area contributed by atoms with Gasteiger partial charge in [0, 0.05) is 18.2 Å². The summed E-state index contributed by atoms with van der Waals surface area (Å²) >= 11 is 0. The lowest BCUT2D eigenvalue weighted by atomic mass is 10.2. The number of carboxylic acids is 1. The molecule has 0 heterocycles. The predicted octanol–water partition coefficient (Wildman–Crippen LogP) is 1.40. The molecule has 0 fully saturated rings. The maximum Gasteiger partial charge on any atom is 0.344 e. The molecule has 0 aliphatic heterocycles. The molecule has 0 spiro atoms. The van der Waals surface area contributed by atoms with Crippen molar-refractivity contribution in [2.45, 2.75) is 26.0 Å². The van der Waals surface area contributed by atoms with E-state index in [1.165, 1.54) is 7.11 Å². The zero-order valence-corrected chi connectivity index (χ0v) is 9.97. The third-order valence-electron chi connectivity index (χ3n) is 2.41. The zero-order chi connectivity index (χ0) is 12.8. The molecular weight excluding hydrogens is 222 g/mol. The largest absolute Gasteiger partial charge is 0.497 e. The Bertz CT molecular complexity index is 392. The van der Waals surface area contributed by atoms with Gasteiger partial charge in [-0.3, -0.25) is 0 Å². The summed E-state index contributed by atoms with van der Waals surface area (Å²) in [4.78, 5) is 10.9. The summed E-state index contributed by atoms with van der Waals surface area (Å²) in [5.41, 5.74) is 6.32. The minimum Gasteiger partial charge on any atom is -0.497 e. The summed E-state index contributed by atoms with van der Waals surface area (Å²) in [6.07, 6.45) is -0.483. The van der Waals surface area contributed by atoms with E-state index in [9.17, 15) is 4.79 Å². The molecule has 0 aromatic heterocycles. The van der Waals surface area contributed by atoms with E-state index in [-0.39, 0.29) is 6.54 Å². The minimum absolute atomic E-state index is 0.287. The van der Waals surface area contributed by atoms with Gasteiger partial charge in [0.2, 0.25) is 0 Å². The van der Waals surface area contributed by atoms with Crippen molar-refractivity contribution in [2.24, 2.45) is 5.73 Å². The van der Waals surface area contributed by atoms with Crippen LogP contribution < -0.4 is 15.2 Å². The second-order valence-electron chi connectivity index (χ2n) is 3.53. The van der Waals surface area contributed by atoms with Gasteiger partial charge in [-0.2, -0.15) is 0 Å².